The molecular formula is C7H8F2. The van der Waals surface area contributed by atoms with Crippen LogP contribution in [-0.2, 0) is 0 Å². The third-order valence-corrected chi connectivity index (χ3v) is 0.667. The Bertz CT molecular complexity index is 150. The van der Waals surface area contributed by atoms with E-state index in [4.69, 9.17) is 0 Å². The topological polar surface area (TPSA) is 0 Å². The Balaban J connectivity index is 3.98. The highest BCUT2D eigenvalue weighted by Gasteiger charge is 1.81. The molecule has 0 rings (SSSR count). The molecule has 0 aliphatic carbocycles. The van der Waals surface area contributed by atoms with Crippen LogP contribution in [-0.4, -0.2) is 0 Å². The molecule has 0 bridgehead atoms. The molecule has 0 unspecified atom stereocenters. The molecule has 50 valence electrons. The number of hydrogen-bond acceptors (Lipinski definition) is 0. The summed E-state index contributed by atoms with van der Waals surface area (Å²) < 4.78 is 23.8. The van der Waals surface area contributed by atoms with E-state index in [0.29, 0.717) is 0 Å². The van der Waals surface area contributed by atoms with Gasteiger partial charge in [0.15, 0.2) is 0 Å². The van der Waals surface area contributed by atoms with Gasteiger partial charge in [0.05, 0.1) is 5.83 Å². The minimum atomic E-state index is -0.535. The van der Waals surface area contributed by atoms with E-state index in [-0.39, 0.29) is 0 Å². The van der Waals surface area contributed by atoms with E-state index >= 15 is 0 Å². The standard InChI is InChI=1S/C7H8F2/c1-3-7(9)5-4-6(2)8/h3-5H,1H2,2H3/b6-4+,7-5+. The van der Waals surface area contributed by atoms with Crippen LogP contribution in [0.4, 0.5) is 8.78 Å². The first kappa shape index (κ1) is 8.08. The highest BCUT2D eigenvalue weighted by Crippen LogP contribution is 1.99. The second-order valence-electron chi connectivity index (χ2n) is 1.51. The highest BCUT2D eigenvalue weighted by molar-refractivity contribution is 5.16. The van der Waals surface area contributed by atoms with Crippen LogP contribution in [0.15, 0.2) is 36.5 Å². The van der Waals surface area contributed by atoms with Gasteiger partial charge in [-0.05, 0) is 25.2 Å². The summed E-state index contributed by atoms with van der Waals surface area (Å²) in [6.45, 7) is 4.39. The lowest BCUT2D eigenvalue weighted by molar-refractivity contribution is 0.636. The summed E-state index contributed by atoms with van der Waals surface area (Å²) in [6.07, 6.45) is 3.07. The predicted molar refractivity (Wildman–Crippen MR) is 34.3 cm³/mol. The molecule has 0 saturated carbocycles. The van der Waals surface area contributed by atoms with Gasteiger partial charge < -0.3 is 0 Å². The predicted octanol–water partition coefficient (Wildman–Crippen LogP) is 2.90. The van der Waals surface area contributed by atoms with Crippen molar-refractivity contribution < 1.29 is 8.78 Å². The molecule has 0 amide bonds. The Kier molecular flexibility index (Phi) is 3.60. The summed E-state index contributed by atoms with van der Waals surface area (Å²) >= 11 is 0. The molecule has 0 heterocycles. The first-order valence-corrected chi connectivity index (χ1v) is 2.49. The van der Waals surface area contributed by atoms with Crippen molar-refractivity contribution in [1.29, 1.82) is 0 Å². The second kappa shape index (κ2) is 4.01. The second-order valence-corrected chi connectivity index (χ2v) is 1.51. The Hall–Kier alpha value is -0.920. The van der Waals surface area contributed by atoms with Gasteiger partial charge in [-0.15, -0.1) is 0 Å². The van der Waals surface area contributed by atoms with Crippen molar-refractivity contribution >= 4 is 0 Å². The van der Waals surface area contributed by atoms with E-state index in [2.05, 4.69) is 6.58 Å². The Morgan fingerprint density at radius 3 is 2.22 bits per heavy atom. The Morgan fingerprint density at radius 2 is 1.89 bits per heavy atom. The molecule has 0 fully saturated rings. The zero-order chi connectivity index (χ0) is 7.28. The van der Waals surface area contributed by atoms with Crippen LogP contribution in [0.2, 0.25) is 0 Å². The smallest absolute Gasteiger partial charge is 0.122 e. The van der Waals surface area contributed by atoms with E-state index in [9.17, 15) is 8.78 Å². The fourth-order valence-corrected chi connectivity index (χ4v) is 0.262. The molecule has 9 heavy (non-hydrogen) atoms. The molecule has 0 aliphatic heterocycles. The van der Waals surface area contributed by atoms with Crippen molar-refractivity contribution in [1.82, 2.24) is 0 Å². The van der Waals surface area contributed by atoms with E-state index < -0.39 is 11.7 Å². The normalized spacial score (nSPS) is 13.7. The fraction of sp³-hybridized carbons (Fsp3) is 0.143. The van der Waals surface area contributed by atoms with E-state index in [1.165, 1.54) is 6.92 Å². The van der Waals surface area contributed by atoms with Crippen LogP contribution >= 0.6 is 0 Å². The first-order valence-electron chi connectivity index (χ1n) is 2.49. The maximum absolute atomic E-state index is 12.0. The van der Waals surface area contributed by atoms with E-state index in [0.717, 1.165) is 18.2 Å². The highest BCUT2D eigenvalue weighted by atomic mass is 19.1. The first-order chi connectivity index (χ1) is 4.16. The molecule has 0 spiro atoms. The van der Waals surface area contributed by atoms with Gasteiger partial charge in [0.25, 0.3) is 0 Å². The van der Waals surface area contributed by atoms with Crippen molar-refractivity contribution in [3.63, 3.8) is 0 Å². The van der Waals surface area contributed by atoms with Crippen LogP contribution < -0.4 is 0 Å². The molecule has 0 saturated heterocycles. The summed E-state index contributed by atoms with van der Waals surface area (Å²) in [5, 5.41) is 0. The largest absolute Gasteiger partial charge is 0.212 e. The summed E-state index contributed by atoms with van der Waals surface area (Å²) in [6, 6.07) is 0. The molecule has 0 radical (unpaired) electrons. The molecule has 0 aromatic carbocycles. The average molecular weight is 130 g/mol. The molecule has 0 nitrogen and oxygen atoms in total. The van der Waals surface area contributed by atoms with E-state index in [1.54, 1.807) is 0 Å². The van der Waals surface area contributed by atoms with Crippen LogP contribution in [0.25, 0.3) is 0 Å². The van der Waals surface area contributed by atoms with Gasteiger partial charge in [-0.2, -0.15) is 0 Å². The summed E-state index contributed by atoms with van der Waals surface area (Å²) in [5.41, 5.74) is 0. The Morgan fingerprint density at radius 1 is 1.33 bits per heavy atom. The quantitative estimate of drug-likeness (QED) is 0.504. The van der Waals surface area contributed by atoms with Gasteiger partial charge >= 0.3 is 0 Å². The van der Waals surface area contributed by atoms with Crippen molar-refractivity contribution in [2.24, 2.45) is 0 Å². The number of allylic oxidation sites excluding steroid dienone is 5. The number of hydrogen-bond donors (Lipinski definition) is 0. The van der Waals surface area contributed by atoms with Crippen molar-refractivity contribution in [2.75, 3.05) is 0 Å². The van der Waals surface area contributed by atoms with Crippen molar-refractivity contribution in [3.8, 4) is 0 Å². The van der Waals surface area contributed by atoms with Crippen molar-refractivity contribution in [2.45, 2.75) is 6.92 Å². The minimum absolute atomic E-state index is 0.424. The SMILES string of the molecule is C=C/C(F)=C\C=C(/C)F. The van der Waals surface area contributed by atoms with Crippen molar-refractivity contribution in [3.05, 3.63) is 36.5 Å². The summed E-state index contributed by atoms with van der Waals surface area (Å²) in [4.78, 5) is 0. The number of rotatable bonds is 2. The molecule has 2 heteroatoms. The third-order valence-electron chi connectivity index (χ3n) is 0.667. The van der Waals surface area contributed by atoms with Gasteiger partial charge in [-0.1, -0.05) is 6.58 Å². The van der Waals surface area contributed by atoms with E-state index in [1.807, 2.05) is 0 Å². The molecule has 0 aromatic heterocycles. The third kappa shape index (κ3) is 4.94. The Labute approximate surface area is 53.2 Å². The average Bonchev–Trinajstić information content (AvgIpc) is 1.83. The molecular weight excluding hydrogens is 122 g/mol. The van der Waals surface area contributed by atoms with Crippen LogP contribution in [0.3, 0.4) is 0 Å². The minimum Gasteiger partial charge on any atom is -0.212 e. The molecule has 0 aliphatic rings. The van der Waals surface area contributed by atoms with Gasteiger partial charge in [0.2, 0.25) is 0 Å². The molecule has 0 N–H and O–H groups in total. The van der Waals surface area contributed by atoms with Crippen LogP contribution in [0.5, 0.6) is 0 Å². The summed E-state index contributed by atoms with van der Waals surface area (Å²) in [5.74, 6) is -0.959. The zero-order valence-corrected chi connectivity index (χ0v) is 5.20. The molecule has 0 atom stereocenters. The van der Waals surface area contributed by atoms with Gasteiger partial charge in [0, 0.05) is 0 Å². The molecule has 0 aromatic rings. The van der Waals surface area contributed by atoms with Crippen LogP contribution in [0.1, 0.15) is 6.92 Å². The maximum atomic E-state index is 12.0. The fourth-order valence-electron chi connectivity index (χ4n) is 0.262. The zero-order valence-electron chi connectivity index (χ0n) is 5.20. The van der Waals surface area contributed by atoms with Gasteiger partial charge in [-0.25, -0.2) is 8.78 Å². The monoisotopic (exact) mass is 130 g/mol. The van der Waals surface area contributed by atoms with Gasteiger partial charge in [0.1, 0.15) is 5.83 Å². The van der Waals surface area contributed by atoms with Gasteiger partial charge in [-0.3, -0.25) is 0 Å². The maximum Gasteiger partial charge on any atom is 0.122 e. The lowest BCUT2D eigenvalue weighted by Gasteiger charge is -1.79. The lowest BCUT2D eigenvalue weighted by Crippen LogP contribution is -1.61. The summed E-state index contributed by atoms with van der Waals surface area (Å²) in [7, 11) is 0. The number of halogens is 2. The lowest BCUT2D eigenvalue weighted by atomic mass is 10.4. The van der Waals surface area contributed by atoms with Crippen LogP contribution in [0, 0.1) is 0 Å².